The Morgan fingerprint density at radius 3 is 2.40 bits per heavy atom. The Balaban J connectivity index is 0.00000312. The number of piperidine rings is 1. The molecule has 0 amide bonds. The molecular weight excluding hydrogens is 427 g/mol. The van der Waals surface area contributed by atoms with Gasteiger partial charge in [0.15, 0.2) is 5.96 Å². The largest absolute Gasteiger partial charge is 0.396 e. The van der Waals surface area contributed by atoms with E-state index in [9.17, 15) is 5.11 Å². The Morgan fingerprint density at radius 2 is 1.88 bits per heavy atom. The molecule has 1 aliphatic heterocycles. The van der Waals surface area contributed by atoms with Crippen molar-refractivity contribution in [1.29, 1.82) is 0 Å². The lowest BCUT2D eigenvalue weighted by Crippen LogP contribution is -2.49. The predicted molar refractivity (Wildman–Crippen MR) is 117 cm³/mol. The van der Waals surface area contributed by atoms with Gasteiger partial charge in [-0.2, -0.15) is 0 Å². The van der Waals surface area contributed by atoms with Gasteiger partial charge in [0.2, 0.25) is 0 Å². The zero-order valence-electron chi connectivity index (χ0n) is 16.3. The van der Waals surface area contributed by atoms with E-state index in [1.165, 1.54) is 38.8 Å². The number of guanidine groups is 1. The summed E-state index contributed by atoms with van der Waals surface area (Å²) in [6.07, 6.45) is 7.22. The first-order valence-corrected chi connectivity index (χ1v) is 10.0. The van der Waals surface area contributed by atoms with Crippen LogP contribution < -0.4 is 10.6 Å². The molecule has 0 radical (unpaired) electrons. The maximum absolute atomic E-state index is 9.27. The number of nitrogens with zero attached hydrogens (tertiary/aromatic N) is 2. The molecule has 0 aromatic heterocycles. The second-order valence-corrected chi connectivity index (χ2v) is 7.91. The highest BCUT2D eigenvalue weighted by atomic mass is 127. The molecule has 1 unspecified atom stereocenters. The number of hydrogen-bond acceptors (Lipinski definition) is 3. The fourth-order valence-electron chi connectivity index (χ4n) is 3.72. The summed E-state index contributed by atoms with van der Waals surface area (Å²) >= 11 is 0. The first kappa shape index (κ1) is 23.0. The summed E-state index contributed by atoms with van der Waals surface area (Å²) < 4.78 is 0. The monoisotopic (exact) mass is 466 g/mol. The van der Waals surface area contributed by atoms with E-state index in [4.69, 9.17) is 4.99 Å². The Hall–Kier alpha value is -0.0800. The molecule has 5 nitrogen and oxygen atoms in total. The first-order valence-electron chi connectivity index (χ1n) is 10.0. The van der Waals surface area contributed by atoms with Crippen molar-refractivity contribution in [3.63, 3.8) is 0 Å². The van der Waals surface area contributed by atoms with Gasteiger partial charge in [-0.15, -0.1) is 24.0 Å². The molecule has 0 bridgehead atoms. The lowest BCUT2D eigenvalue weighted by Gasteiger charge is -2.33. The molecule has 148 valence electrons. The Bertz CT molecular complexity index is 380. The third-order valence-corrected chi connectivity index (χ3v) is 5.13. The molecule has 1 saturated carbocycles. The van der Waals surface area contributed by atoms with Gasteiger partial charge in [0.25, 0.3) is 0 Å². The fourth-order valence-corrected chi connectivity index (χ4v) is 3.72. The van der Waals surface area contributed by atoms with E-state index in [2.05, 4.69) is 36.3 Å². The third kappa shape index (κ3) is 8.91. The van der Waals surface area contributed by atoms with Crippen LogP contribution in [-0.2, 0) is 0 Å². The Morgan fingerprint density at radius 1 is 1.20 bits per heavy atom. The standard InChI is InChI=1S/C19H38N4O.HI/c1-4-20-19(21-14-16(9-12-24)13-15(2)3)22-17-7-10-23(11-8-17)18-5-6-18;/h15-18,24H,4-14H2,1-3H3,(H2,20,21,22);1H. The minimum Gasteiger partial charge on any atom is -0.396 e. The van der Waals surface area contributed by atoms with Crippen molar-refractivity contribution in [2.45, 2.75) is 71.4 Å². The molecule has 1 saturated heterocycles. The van der Waals surface area contributed by atoms with Gasteiger partial charge in [0.1, 0.15) is 0 Å². The Kier molecular flexibility index (Phi) is 11.3. The average Bonchev–Trinajstić information content (AvgIpc) is 3.38. The zero-order valence-corrected chi connectivity index (χ0v) is 18.7. The van der Waals surface area contributed by atoms with Crippen LogP contribution in [0, 0.1) is 11.8 Å². The molecule has 1 aliphatic carbocycles. The summed E-state index contributed by atoms with van der Waals surface area (Å²) in [4.78, 5) is 7.47. The van der Waals surface area contributed by atoms with Crippen LogP contribution in [0.3, 0.4) is 0 Å². The summed E-state index contributed by atoms with van der Waals surface area (Å²) in [5, 5.41) is 16.3. The normalized spacial score (nSPS) is 21.1. The molecule has 1 atom stereocenters. The SMILES string of the molecule is CCNC(=NCC(CCO)CC(C)C)NC1CCN(C2CC2)CC1.I. The summed E-state index contributed by atoms with van der Waals surface area (Å²) in [5.74, 6) is 2.08. The second kappa shape index (κ2) is 12.3. The van der Waals surface area contributed by atoms with Crippen LogP contribution in [0.1, 0.15) is 59.3 Å². The molecule has 1 heterocycles. The maximum Gasteiger partial charge on any atom is 0.191 e. The van der Waals surface area contributed by atoms with Gasteiger partial charge >= 0.3 is 0 Å². The van der Waals surface area contributed by atoms with Crippen molar-refractivity contribution >= 4 is 29.9 Å². The minimum absolute atomic E-state index is 0. The van der Waals surface area contributed by atoms with Gasteiger partial charge in [0.05, 0.1) is 0 Å². The minimum atomic E-state index is 0. The molecule has 6 heteroatoms. The number of likely N-dealkylation sites (tertiary alicyclic amines) is 1. The van der Waals surface area contributed by atoms with E-state index in [0.29, 0.717) is 17.9 Å². The number of halogens is 1. The van der Waals surface area contributed by atoms with Gasteiger partial charge in [-0.05, 0) is 57.3 Å². The lowest BCUT2D eigenvalue weighted by atomic mass is 9.94. The molecule has 0 aromatic rings. The van der Waals surface area contributed by atoms with Crippen LogP contribution in [0.15, 0.2) is 4.99 Å². The number of aliphatic imine (C=N–C) groups is 1. The van der Waals surface area contributed by atoms with Crippen LogP contribution in [0.5, 0.6) is 0 Å². The van der Waals surface area contributed by atoms with Gasteiger partial charge in [-0.3, -0.25) is 4.99 Å². The Labute approximate surface area is 171 Å². The van der Waals surface area contributed by atoms with E-state index >= 15 is 0 Å². The number of nitrogens with one attached hydrogen (secondary N) is 2. The zero-order chi connectivity index (χ0) is 17.4. The van der Waals surface area contributed by atoms with Crippen LogP contribution in [0.2, 0.25) is 0 Å². The molecule has 0 spiro atoms. The molecule has 2 rings (SSSR count). The van der Waals surface area contributed by atoms with Gasteiger partial charge < -0.3 is 20.6 Å². The molecule has 2 fully saturated rings. The number of rotatable bonds is 9. The topological polar surface area (TPSA) is 59.9 Å². The maximum atomic E-state index is 9.27. The van der Waals surface area contributed by atoms with Crippen LogP contribution in [0.25, 0.3) is 0 Å². The average molecular weight is 466 g/mol. The molecule has 0 aromatic carbocycles. The fraction of sp³-hybridized carbons (Fsp3) is 0.947. The van der Waals surface area contributed by atoms with E-state index in [1.807, 2.05) is 0 Å². The summed E-state index contributed by atoms with van der Waals surface area (Å²) in [5.41, 5.74) is 0. The van der Waals surface area contributed by atoms with Crippen molar-refractivity contribution < 1.29 is 5.11 Å². The lowest BCUT2D eigenvalue weighted by molar-refractivity contribution is 0.197. The van der Waals surface area contributed by atoms with Crippen LogP contribution in [0.4, 0.5) is 0 Å². The highest BCUT2D eigenvalue weighted by Crippen LogP contribution is 2.29. The first-order chi connectivity index (χ1) is 11.6. The predicted octanol–water partition coefficient (Wildman–Crippen LogP) is 2.83. The van der Waals surface area contributed by atoms with Crippen molar-refractivity contribution in [2.24, 2.45) is 16.8 Å². The number of hydrogen-bond donors (Lipinski definition) is 3. The van der Waals surface area contributed by atoms with Crippen molar-refractivity contribution in [2.75, 3.05) is 32.8 Å². The molecule has 2 aliphatic rings. The summed E-state index contributed by atoms with van der Waals surface area (Å²) in [6, 6.07) is 1.43. The van der Waals surface area contributed by atoms with Gasteiger partial charge in [-0.1, -0.05) is 13.8 Å². The molecular formula is C19H39IN4O. The number of aliphatic hydroxyl groups excluding tert-OH is 1. The summed E-state index contributed by atoms with van der Waals surface area (Å²) in [7, 11) is 0. The van der Waals surface area contributed by atoms with Gasteiger partial charge in [0, 0.05) is 44.9 Å². The number of aliphatic hydroxyl groups is 1. The second-order valence-electron chi connectivity index (χ2n) is 7.91. The summed E-state index contributed by atoms with van der Waals surface area (Å²) in [6.45, 7) is 11.0. The van der Waals surface area contributed by atoms with Crippen LogP contribution >= 0.6 is 24.0 Å². The highest BCUT2D eigenvalue weighted by Gasteiger charge is 2.31. The van der Waals surface area contributed by atoms with E-state index in [0.717, 1.165) is 37.9 Å². The third-order valence-electron chi connectivity index (χ3n) is 5.13. The quantitative estimate of drug-likeness (QED) is 0.278. The van der Waals surface area contributed by atoms with Crippen molar-refractivity contribution in [3.05, 3.63) is 0 Å². The van der Waals surface area contributed by atoms with Gasteiger partial charge in [-0.25, -0.2) is 0 Å². The van der Waals surface area contributed by atoms with Crippen LogP contribution in [-0.4, -0.2) is 60.8 Å². The smallest absolute Gasteiger partial charge is 0.191 e. The van der Waals surface area contributed by atoms with Crippen molar-refractivity contribution in [1.82, 2.24) is 15.5 Å². The van der Waals surface area contributed by atoms with Crippen molar-refractivity contribution in [3.8, 4) is 0 Å². The van der Waals surface area contributed by atoms with E-state index in [-0.39, 0.29) is 30.6 Å². The highest BCUT2D eigenvalue weighted by molar-refractivity contribution is 14.0. The van der Waals surface area contributed by atoms with E-state index in [1.54, 1.807) is 0 Å². The van der Waals surface area contributed by atoms with E-state index < -0.39 is 0 Å². The molecule has 3 N–H and O–H groups in total. The molecule has 25 heavy (non-hydrogen) atoms.